The quantitative estimate of drug-likeness (QED) is 0.183. The van der Waals surface area contributed by atoms with Crippen LogP contribution in [-0.2, 0) is 0 Å². The lowest BCUT2D eigenvalue weighted by molar-refractivity contribution is 0.603. The molecule has 0 amide bonds. The summed E-state index contributed by atoms with van der Waals surface area (Å²) in [5, 5.41) is 5.95. The molecule has 0 saturated heterocycles. The fourth-order valence-corrected chi connectivity index (χ4v) is 6.95. The molecule has 0 saturated carbocycles. The Bertz CT molecular complexity index is 2420. The lowest BCUT2D eigenvalue weighted by Crippen LogP contribution is -1.99. The van der Waals surface area contributed by atoms with Crippen LogP contribution in [0, 0.1) is 0 Å². The Morgan fingerprint density at radius 3 is 1.43 bits per heavy atom. The summed E-state index contributed by atoms with van der Waals surface area (Å²) >= 11 is 0. The topological polar surface area (TPSA) is 35.4 Å². The van der Waals surface area contributed by atoms with Crippen molar-refractivity contribution in [2.24, 2.45) is 4.99 Å². The number of furan rings is 1. The van der Waals surface area contributed by atoms with Crippen LogP contribution in [0.3, 0.4) is 0 Å². The second-order valence-electron chi connectivity index (χ2n) is 11.6. The van der Waals surface area contributed by atoms with E-state index in [9.17, 15) is 0 Å². The van der Waals surface area contributed by atoms with E-state index in [0.717, 1.165) is 61.4 Å². The van der Waals surface area contributed by atoms with Gasteiger partial charge in [0.1, 0.15) is 11.3 Å². The summed E-state index contributed by atoms with van der Waals surface area (Å²) in [7, 11) is 0. The number of aliphatic imine (C=N–C) groups is 1. The molecule has 3 aromatic heterocycles. The van der Waals surface area contributed by atoms with Crippen LogP contribution < -0.4 is 0 Å². The van der Waals surface area contributed by atoms with Crippen molar-refractivity contribution in [1.29, 1.82) is 0 Å². The molecule has 6 aromatic carbocycles. The van der Waals surface area contributed by atoms with E-state index in [2.05, 4.69) is 130 Å². The second kappa shape index (κ2) is 10.5. The molecule has 0 spiro atoms. The Labute approximate surface area is 265 Å². The van der Waals surface area contributed by atoms with Crippen molar-refractivity contribution < 1.29 is 4.42 Å². The van der Waals surface area contributed by atoms with E-state index >= 15 is 0 Å². The van der Waals surface area contributed by atoms with E-state index in [0.29, 0.717) is 0 Å². The summed E-state index contributed by atoms with van der Waals surface area (Å²) in [4.78, 5) is 5.16. The maximum atomic E-state index is 6.20. The van der Waals surface area contributed by atoms with Crippen LogP contribution in [0.15, 0.2) is 155 Å². The lowest BCUT2D eigenvalue weighted by Gasteiger charge is -2.14. The van der Waals surface area contributed by atoms with Crippen LogP contribution in [0.4, 0.5) is 5.69 Å². The zero-order chi connectivity index (χ0) is 30.6. The highest BCUT2D eigenvalue weighted by atomic mass is 16.3. The summed E-state index contributed by atoms with van der Waals surface area (Å²) < 4.78 is 10.9. The number of allylic oxidation sites excluding steroid dienone is 1. The minimum absolute atomic E-state index is 0.800. The predicted octanol–water partition coefficient (Wildman–Crippen LogP) is 11.4. The van der Waals surface area contributed by atoms with Crippen molar-refractivity contribution in [2.75, 3.05) is 0 Å². The maximum absolute atomic E-state index is 6.20. The van der Waals surface area contributed by atoms with E-state index in [1.54, 1.807) is 0 Å². The molecule has 218 valence electrons. The third-order valence-electron chi connectivity index (χ3n) is 8.89. The first-order chi connectivity index (χ1) is 22.8. The highest BCUT2D eigenvalue weighted by molar-refractivity contribution is 6.11. The van der Waals surface area contributed by atoms with Crippen molar-refractivity contribution in [2.45, 2.75) is 6.92 Å². The number of nitrogens with zero attached hydrogens (tertiary/aromatic N) is 3. The van der Waals surface area contributed by atoms with Gasteiger partial charge in [0.2, 0.25) is 0 Å². The van der Waals surface area contributed by atoms with Crippen molar-refractivity contribution in [3.05, 3.63) is 157 Å². The van der Waals surface area contributed by atoms with Crippen LogP contribution in [0.5, 0.6) is 0 Å². The molecule has 0 atom stereocenters. The van der Waals surface area contributed by atoms with Crippen LogP contribution in [0.25, 0.3) is 72.0 Å². The summed E-state index contributed by atoms with van der Waals surface area (Å²) in [6, 6.07) is 49.3. The van der Waals surface area contributed by atoms with Gasteiger partial charge in [-0.15, -0.1) is 0 Å². The van der Waals surface area contributed by atoms with Crippen LogP contribution >= 0.6 is 0 Å². The smallest absolute Gasteiger partial charge is 0.136 e. The summed E-state index contributed by atoms with van der Waals surface area (Å²) in [5.74, 6) is 0.800. The van der Waals surface area contributed by atoms with Crippen molar-refractivity contribution in [1.82, 2.24) is 9.13 Å². The third-order valence-corrected chi connectivity index (χ3v) is 8.89. The number of aromatic nitrogens is 2. The normalized spacial score (nSPS) is 12.3. The van der Waals surface area contributed by atoms with E-state index in [1.807, 2.05) is 43.5 Å². The number of para-hydroxylation sites is 5. The molecule has 46 heavy (non-hydrogen) atoms. The number of rotatable bonds is 5. The zero-order valence-electron chi connectivity index (χ0n) is 25.3. The van der Waals surface area contributed by atoms with Gasteiger partial charge >= 0.3 is 0 Å². The molecule has 4 nitrogen and oxygen atoms in total. The minimum atomic E-state index is 0.800. The fraction of sp³-hybridized carbons (Fsp3) is 0.0238. The lowest BCUT2D eigenvalue weighted by atomic mass is 10.1. The highest BCUT2D eigenvalue weighted by Crippen LogP contribution is 2.37. The largest absolute Gasteiger partial charge is 0.456 e. The van der Waals surface area contributed by atoms with Gasteiger partial charge in [-0.05, 0) is 61.5 Å². The van der Waals surface area contributed by atoms with Gasteiger partial charge in [0.15, 0.2) is 0 Å². The molecule has 4 heteroatoms. The monoisotopic (exact) mass is 591 g/mol. The molecule has 0 aliphatic carbocycles. The van der Waals surface area contributed by atoms with E-state index in [1.165, 1.54) is 21.5 Å². The third kappa shape index (κ3) is 4.04. The first-order valence-electron chi connectivity index (χ1n) is 15.6. The molecule has 0 bridgehead atoms. The molecule has 0 aliphatic heterocycles. The van der Waals surface area contributed by atoms with Crippen LogP contribution in [0.1, 0.15) is 18.2 Å². The average molecular weight is 592 g/mol. The molecule has 0 N–H and O–H groups in total. The van der Waals surface area contributed by atoms with Gasteiger partial charge in [-0.3, -0.25) is 4.99 Å². The molecular formula is C42H29N3O. The van der Waals surface area contributed by atoms with E-state index in [4.69, 9.17) is 9.41 Å². The molecule has 0 radical (unpaired) electrons. The number of hydrogen-bond donors (Lipinski definition) is 0. The van der Waals surface area contributed by atoms with Gasteiger partial charge in [0.05, 0.1) is 39.1 Å². The van der Waals surface area contributed by atoms with Gasteiger partial charge in [-0.1, -0.05) is 97.1 Å². The fourth-order valence-electron chi connectivity index (χ4n) is 6.95. The number of benzene rings is 6. The summed E-state index contributed by atoms with van der Waals surface area (Å²) in [5.41, 5.74) is 9.42. The highest BCUT2D eigenvalue weighted by Gasteiger charge is 2.17. The van der Waals surface area contributed by atoms with Gasteiger partial charge in [-0.2, -0.15) is 0 Å². The van der Waals surface area contributed by atoms with Crippen molar-refractivity contribution in [3.63, 3.8) is 0 Å². The number of fused-ring (bicyclic) bond motifs is 7. The minimum Gasteiger partial charge on any atom is -0.456 e. The van der Waals surface area contributed by atoms with E-state index in [-0.39, 0.29) is 0 Å². The van der Waals surface area contributed by atoms with Crippen LogP contribution in [-0.4, -0.2) is 15.3 Å². The average Bonchev–Trinajstić information content (AvgIpc) is 3.75. The second-order valence-corrected chi connectivity index (χ2v) is 11.6. The van der Waals surface area contributed by atoms with Crippen molar-refractivity contribution >= 4 is 72.6 Å². The Balaban J connectivity index is 1.34. The van der Waals surface area contributed by atoms with Crippen molar-refractivity contribution in [3.8, 4) is 11.4 Å². The zero-order valence-corrected chi connectivity index (χ0v) is 25.3. The standard InChI is InChI=1S/C42H29N3O/c1-2-13-41-36(35-18-7-12-23-42(35)46-41)27-43-28-24-29(44-37-19-8-3-14-31(37)32-15-4-9-20-38(32)44)26-30(25-28)45-39-21-10-5-16-33(39)34-17-6-11-22-40(34)45/h2-27H,1H3/b13-2-,43-27+. The summed E-state index contributed by atoms with van der Waals surface area (Å²) in [6.07, 6.45) is 5.94. The Morgan fingerprint density at radius 2 is 0.957 bits per heavy atom. The molecule has 0 fully saturated rings. The van der Waals surface area contributed by atoms with Gasteiger partial charge in [0, 0.05) is 38.7 Å². The van der Waals surface area contributed by atoms with Gasteiger partial charge < -0.3 is 13.6 Å². The van der Waals surface area contributed by atoms with Gasteiger partial charge in [-0.25, -0.2) is 0 Å². The molecule has 3 heterocycles. The first kappa shape index (κ1) is 26.3. The first-order valence-corrected chi connectivity index (χ1v) is 15.6. The Hall–Kier alpha value is -6.13. The molecule has 0 aliphatic rings. The van der Waals surface area contributed by atoms with E-state index < -0.39 is 0 Å². The maximum Gasteiger partial charge on any atom is 0.136 e. The summed E-state index contributed by atoms with van der Waals surface area (Å²) in [6.45, 7) is 2.00. The Morgan fingerprint density at radius 1 is 0.522 bits per heavy atom. The van der Waals surface area contributed by atoms with Crippen LogP contribution in [0.2, 0.25) is 0 Å². The molecular weight excluding hydrogens is 562 g/mol. The molecule has 0 unspecified atom stereocenters. The Kier molecular flexibility index (Phi) is 6.00. The number of hydrogen-bond acceptors (Lipinski definition) is 2. The van der Waals surface area contributed by atoms with Gasteiger partial charge in [0.25, 0.3) is 0 Å². The molecule has 9 rings (SSSR count). The molecule has 9 aromatic rings. The SMILES string of the molecule is C/C=C\c1oc2ccccc2c1/C=N/c1cc(-n2c3ccccc3c3ccccc32)cc(-n2c3ccccc3c3ccccc32)c1. The predicted molar refractivity (Wildman–Crippen MR) is 193 cm³/mol.